The van der Waals surface area contributed by atoms with Crippen molar-refractivity contribution in [2.24, 2.45) is 11.8 Å². The van der Waals surface area contributed by atoms with Gasteiger partial charge >= 0.3 is 5.97 Å². The Balaban J connectivity index is 1.52. The van der Waals surface area contributed by atoms with Crippen LogP contribution >= 0.6 is 27.5 Å². The number of carbonyl (C=O) groups is 4. The van der Waals surface area contributed by atoms with Crippen LogP contribution < -0.4 is 10.2 Å². The molecule has 12 heteroatoms. The Hall–Kier alpha value is -3.51. The Labute approximate surface area is 300 Å². The standard InChI is InChI=1S/C37H43BrClN3O7/c1-5-8-14-28(44)40-22(4)31(23-12-10-9-11-13-23)48-36(47)29-30-34(45)42(25(7-3)21-43)33(37(30)20-27(38)32(29)49-37)35(46)41(19-6-2)26-17-15-24(39)16-18-26/h5-6,9-13,15-18,22,25,27,29-33,43H,1-2,7-8,14,19-21H2,3-4H3,(H,40,44)/t22-,25+,27?,29+,30-,31-,32+,33+,37-/m1/s1. The van der Waals surface area contributed by atoms with Crippen LogP contribution in [-0.2, 0) is 28.7 Å². The number of hydrogen-bond donors (Lipinski definition) is 2. The van der Waals surface area contributed by atoms with Crippen LogP contribution in [0.25, 0.3) is 0 Å². The second-order valence-corrected chi connectivity index (χ2v) is 14.4. The highest BCUT2D eigenvalue weighted by atomic mass is 79.9. The molecule has 3 fully saturated rings. The summed E-state index contributed by atoms with van der Waals surface area (Å²) in [4.78, 5) is 59.0. The number of esters is 1. The van der Waals surface area contributed by atoms with Gasteiger partial charge in [-0.3, -0.25) is 19.2 Å². The number of fused-ring (bicyclic) bond motifs is 1. The molecule has 49 heavy (non-hydrogen) atoms. The molecule has 10 nitrogen and oxygen atoms in total. The Morgan fingerprint density at radius 3 is 2.49 bits per heavy atom. The fourth-order valence-electron chi connectivity index (χ4n) is 7.58. The second-order valence-electron chi connectivity index (χ2n) is 12.8. The van der Waals surface area contributed by atoms with E-state index in [1.807, 2.05) is 37.3 Å². The topological polar surface area (TPSA) is 125 Å². The van der Waals surface area contributed by atoms with Gasteiger partial charge in [0.2, 0.25) is 11.8 Å². The molecule has 3 aliphatic rings. The van der Waals surface area contributed by atoms with Crippen LogP contribution in [-0.4, -0.2) is 81.5 Å². The van der Waals surface area contributed by atoms with E-state index in [4.69, 9.17) is 21.1 Å². The van der Waals surface area contributed by atoms with Gasteiger partial charge < -0.3 is 29.7 Å². The number of benzene rings is 2. The number of likely N-dealkylation sites (tertiary alicyclic amines) is 1. The van der Waals surface area contributed by atoms with E-state index in [2.05, 4.69) is 34.4 Å². The lowest BCUT2D eigenvalue weighted by molar-refractivity contribution is -0.162. The zero-order valence-corrected chi connectivity index (χ0v) is 30.0. The monoisotopic (exact) mass is 755 g/mol. The number of halogens is 2. The molecule has 3 saturated heterocycles. The number of hydrogen-bond acceptors (Lipinski definition) is 7. The van der Waals surface area contributed by atoms with Gasteiger partial charge in [0.05, 0.1) is 36.6 Å². The van der Waals surface area contributed by atoms with E-state index >= 15 is 0 Å². The molecule has 0 saturated carbocycles. The van der Waals surface area contributed by atoms with Crippen molar-refractivity contribution in [2.75, 3.05) is 18.1 Å². The number of allylic oxidation sites excluding steroid dienone is 1. The molecule has 0 aromatic heterocycles. The fourth-order valence-corrected chi connectivity index (χ4v) is 8.65. The van der Waals surface area contributed by atoms with Gasteiger partial charge in [-0.05, 0) is 56.0 Å². The van der Waals surface area contributed by atoms with Crippen molar-refractivity contribution in [3.8, 4) is 0 Å². The zero-order chi connectivity index (χ0) is 35.5. The van der Waals surface area contributed by atoms with Crippen LogP contribution in [0.4, 0.5) is 5.69 Å². The van der Waals surface area contributed by atoms with Crippen molar-refractivity contribution in [3.63, 3.8) is 0 Å². The molecule has 0 radical (unpaired) electrons. The van der Waals surface area contributed by atoms with Crippen molar-refractivity contribution < 1.29 is 33.8 Å². The van der Waals surface area contributed by atoms with E-state index < -0.39 is 65.6 Å². The average Bonchev–Trinajstić information content (AvgIpc) is 3.69. The van der Waals surface area contributed by atoms with Gasteiger partial charge in [-0.25, -0.2) is 0 Å². The summed E-state index contributed by atoms with van der Waals surface area (Å²) in [7, 11) is 0. The van der Waals surface area contributed by atoms with Crippen molar-refractivity contribution in [2.45, 2.75) is 80.3 Å². The largest absolute Gasteiger partial charge is 0.455 e. The number of aliphatic hydroxyl groups is 1. The lowest BCUT2D eigenvalue weighted by Crippen LogP contribution is -2.59. The Morgan fingerprint density at radius 1 is 1.18 bits per heavy atom. The number of alkyl halides is 1. The first-order chi connectivity index (χ1) is 23.5. The fraction of sp³-hybridized carbons (Fsp3) is 0.459. The number of rotatable bonds is 15. The molecule has 0 aliphatic carbocycles. The molecule has 2 aromatic rings. The first-order valence-electron chi connectivity index (χ1n) is 16.6. The maximum Gasteiger partial charge on any atom is 0.313 e. The lowest BCUT2D eigenvalue weighted by Gasteiger charge is -2.39. The molecule has 9 atom stereocenters. The van der Waals surface area contributed by atoms with Crippen molar-refractivity contribution in [1.29, 1.82) is 0 Å². The quantitative estimate of drug-likeness (QED) is 0.147. The molecule has 2 N–H and O–H groups in total. The molecule has 2 bridgehead atoms. The maximum atomic E-state index is 14.8. The molecule has 1 spiro atoms. The predicted molar refractivity (Wildman–Crippen MR) is 190 cm³/mol. The smallest absolute Gasteiger partial charge is 0.313 e. The van der Waals surface area contributed by atoms with Crippen LogP contribution in [0.2, 0.25) is 5.02 Å². The number of carbonyl (C=O) groups excluding carboxylic acids is 4. The Bertz CT molecular complexity index is 1550. The first-order valence-corrected chi connectivity index (χ1v) is 17.9. The number of anilines is 1. The summed E-state index contributed by atoms with van der Waals surface area (Å²) in [5, 5.41) is 13.9. The minimum Gasteiger partial charge on any atom is -0.455 e. The third-order valence-corrected chi connectivity index (χ3v) is 10.9. The van der Waals surface area contributed by atoms with E-state index in [1.165, 1.54) is 9.80 Å². The van der Waals surface area contributed by atoms with E-state index in [9.17, 15) is 24.3 Å². The van der Waals surface area contributed by atoms with Crippen LogP contribution in [0.15, 0.2) is 79.9 Å². The highest BCUT2D eigenvalue weighted by Gasteiger charge is 2.77. The minimum absolute atomic E-state index is 0.136. The third-order valence-electron chi connectivity index (χ3n) is 9.81. The molecule has 2 aromatic carbocycles. The summed E-state index contributed by atoms with van der Waals surface area (Å²) in [6.45, 7) is 10.9. The van der Waals surface area contributed by atoms with E-state index in [1.54, 1.807) is 43.3 Å². The van der Waals surface area contributed by atoms with Gasteiger partial charge in [0, 0.05) is 28.5 Å². The van der Waals surface area contributed by atoms with Crippen molar-refractivity contribution in [3.05, 3.63) is 90.5 Å². The summed E-state index contributed by atoms with van der Waals surface area (Å²) in [6.07, 6.45) is 3.01. The molecule has 3 heterocycles. The van der Waals surface area contributed by atoms with E-state index in [-0.39, 0.29) is 36.7 Å². The van der Waals surface area contributed by atoms with E-state index in [0.717, 1.165) is 0 Å². The average molecular weight is 757 g/mol. The number of nitrogens with zero attached hydrogens (tertiary/aromatic N) is 2. The molecule has 5 rings (SSSR count). The molecular formula is C37H43BrClN3O7. The molecule has 3 aliphatic heterocycles. The predicted octanol–water partition coefficient (Wildman–Crippen LogP) is 5.13. The van der Waals surface area contributed by atoms with Gasteiger partial charge in [-0.2, -0.15) is 0 Å². The normalized spacial score (nSPS) is 27.2. The summed E-state index contributed by atoms with van der Waals surface area (Å²) in [5.74, 6) is -3.84. The second kappa shape index (κ2) is 15.6. The van der Waals surface area contributed by atoms with Gasteiger partial charge in [-0.15, -0.1) is 13.2 Å². The number of aliphatic hydroxyl groups excluding tert-OH is 1. The van der Waals surface area contributed by atoms with Gasteiger partial charge in [0.1, 0.15) is 17.7 Å². The Morgan fingerprint density at radius 2 is 1.88 bits per heavy atom. The highest BCUT2D eigenvalue weighted by molar-refractivity contribution is 9.09. The maximum absolute atomic E-state index is 14.8. The summed E-state index contributed by atoms with van der Waals surface area (Å²) < 4.78 is 12.9. The lowest BCUT2D eigenvalue weighted by atomic mass is 9.70. The number of amides is 3. The van der Waals surface area contributed by atoms with Crippen LogP contribution in [0.1, 0.15) is 51.2 Å². The minimum atomic E-state index is -1.38. The number of nitrogens with one attached hydrogen (secondary N) is 1. The van der Waals surface area contributed by atoms with Gasteiger partial charge in [-0.1, -0.05) is 76.9 Å². The summed E-state index contributed by atoms with van der Waals surface area (Å²) in [5.41, 5.74) is -0.159. The van der Waals surface area contributed by atoms with Crippen molar-refractivity contribution >= 4 is 56.9 Å². The molecule has 1 unspecified atom stereocenters. The number of ether oxygens (including phenoxy) is 2. The van der Waals surface area contributed by atoms with Gasteiger partial charge in [0.15, 0.2) is 0 Å². The molecular weight excluding hydrogens is 714 g/mol. The highest BCUT2D eigenvalue weighted by Crippen LogP contribution is 2.61. The van der Waals surface area contributed by atoms with Crippen LogP contribution in [0, 0.1) is 11.8 Å². The third kappa shape index (κ3) is 6.95. The molecule has 3 amide bonds. The van der Waals surface area contributed by atoms with E-state index in [0.29, 0.717) is 29.1 Å². The molecule has 262 valence electrons. The SMILES string of the molecule is C=CCCC(=O)N[C@H](C)[C@@H](OC(=O)[C@@H]1[C@H]2O[C@@]3(CC2Br)[C@H](C(=O)N(CC=C)c2ccc(Cl)cc2)N([C@@H](CC)CO)C(=O)[C@@H]13)c1ccccc1. The van der Waals surface area contributed by atoms with Crippen LogP contribution in [0.5, 0.6) is 0 Å². The first kappa shape index (κ1) is 36.8. The van der Waals surface area contributed by atoms with Gasteiger partial charge in [0.25, 0.3) is 5.91 Å². The van der Waals surface area contributed by atoms with Crippen LogP contribution in [0.3, 0.4) is 0 Å². The summed E-state index contributed by atoms with van der Waals surface area (Å²) in [6, 6.07) is 13.4. The zero-order valence-electron chi connectivity index (χ0n) is 27.7. The summed E-state index contributed by atoms with van der Waals surface area (Å²) >= 11 is 9.86. The Kier molecular flexibility index (Phi) is 11.7. The van der Waals surface area contributed by atoms with Crippen molar-refractivity contribution in [1.82, 2.24) is 10.2 Å².